The Hall–Kier alpha value is -5.74. The number of nitrogens with one attached hydrogen (secondary N) is 1. The first kappa shape index (κ1) is 47.3. The minimum atomic E-state index is -0.987. The van der Waals surface area contributed by atoms with Crippen LogP contribution < -0.4 is 32.3 Å². The molecule has 2 aliphatic heterocycles. The fraction of sp³-hybridized carbons (Fsp3) is 0.684. The molecule has 62 heavy (non-hydrogen) atoms. The Kier molecular flexibility index (Phi) is 19.3. The standard InChI is InChI=1S/C38H62N18O6/c1-3-20-60-22-24-62-25-23-61-21-11-43-36-44-37(53-16-12-51(13-17-53)32(58)28-55-26-30(47-49-55)8-6-10-42-35(40)41)46-38(45-36)54-18-14-52(15-19-54)34(59)33(29(2)57)56-27-31(48-50-56)7-4-5-9-39/h1,26-27,29,33,57H,4-25,28,39H2,2H3,(H4,40,41,42)(H,43,44,45,46)/t29-,33+/m1/s1. The molecule has 3 aromatic heterocycles. The van der Waals surface area contributed by atoms with Crippen LogP contribution in [0.5, 0.6) is 0 Å². The predicted octanol–water partition coefficient (Wildman–Crippen LogP) is -2.74. The molecule has 0 saturated carbocycles. The number of carbonyl (C=O) groups excluding carboxylic acids is 2. The summed E-state index contributed by atoms with van der Waals surface area (Å²) in [5.41, 5.74) is 17.9. The number of aliphatic hydroxyl groups excluding tert-OH is 1. The molecule has 0 spiro atoms. The van der Waals surface area contributed by atoms with Gasteiger partial charge in [-0.25, -0.2) is 9.36 Å². The van der Waals surface area contributed by atoms with Crippen LogP contribution in [0, 0.1) is 12.3 Å². The highest BCUT2D eigenvalue weighted by Gasteiger charge is 2.34. The van der Waals surface area contributed by atoms with Gasteiger partial charge in [-0.3, -0.25) is 14.6 Å². The van der Waals surface area contributed by atoms with Crippen LogP contribution in [-0.4, -0.2) is 195 Å². The number of aromatic nitrogens is 9. The van der Waals surface area contributed by atoms with E-state index in [2.05, 4.69) is 36.9 Å². The van der Waals surface area contributed by atoms with Crippen molar-refractivity contribution in [3.8, 4) is 12.3 Å². The number of ether oxygens (including phenoxy) is 3. The first-order chi connectivity index (χ1) is 30.1. The van der Waals surface area contributed by atoms with Gasteiger partial charge in [0.2, 0.25) is 29.7 Å². The lowest BCUT2D eigenvalue weighted by atomic mass is 10.1. The Morgan fingerprint density at radius 1 is 0.839 bits per heavy atom. The Morgan fingerprint density at radius 2 is 1.45 bits per heavy atom. The molecule has 0 aliphatic carbocycles. The van der Waals surface area contributed by atoms with E-state index in [4.69, 9.17) is 52.8 Å². The molecule has 2 amide bonds. The van der Waals surface area contributed by atoms with Crippen molar-refractivity contribution in [3.05, 3.63) is 23.8 Å². The molecule has 0 radical (unpaired) electrons. The van der Waals surface area contributed by atoms with Gasteiger partial charge in [-0.15, -0.1) is 16.6 Å². The number of hydrogen-bond donors (Lipinski definition) is 5. The number of rotatable bonds is 26. The number of amides is 2. The van der Waals surface area contributed by atoms with Gasteiger partial charge < -0.3 is 61.4 Å². The Labute approximate surface area is 361 Å². The third kappa shape index (κ3) is 15.0. The summed E-state index contributed by atoms with van der Waals surface area (Å²) in [4.78, 5) is 53.0. The maximum absolute atomic E-state index is 13.8. The number of guanidine groups is 1. The van der Waals surface area contributed by atoms with Crippen molar-refractivity contribution in [1.82, 2.24) is 54.7 Å². The summed E-state index contributed by atoms with van der Waals surface area (Å²) in [5.74, 6) is 3.44. The normalized spacial score (nSPS) is 15.3. The number of nitrogens with two attached hydrogens (primary N) is 3. The molecule has 0 unspecified atom stereocenters. The van der Waals surface area contributed by atoms with Crippen LogP contribution >= 0.6 is 0 Å². The van der Waals surface area contributed by atoms with E-state index in [-0.39, 0.29) is 30.9 Å². The van der Waals surface area contributed by atoms with Crippen LogP contribution in [0.15, 0.2) is 17.4 Å². The first-order valence-electron chi connectivity index (χ1n) is 21.1. The van der Waals surface area contributed by atoms with Gasteiger partial charge in [0, 0.05) is 77.8 Å². The average molecular weight is 867 g/mol. The van der Waals surface area contributed by atoms with Gasteiger partial charge in [0.05, 0.1) is 50.5 Å². The Balaban J connectivity index is 1.18. The van der Waals surface area contributed by atoms with Crippen molar-refractivity contribution in [2.24, 2.45) is 22.2 Å². The van der Waals surface area contributed by atoms with Crippen molar-refractivity contribution >= 4 is 35.6 Å². The highest BCUT2D eigenvalue weighted by atomic mass is 16.5. The average Bonchev–Trinajstić information content (AvgIpc) is 3.93. The summed E-state index contributed by atoms with van der Waals surface area (Å²) in [6.45, 7) is 9.02. The minimum Gasteiger partial charge on any atom is -0.391 e. The van der Waals surface area contributed by atoms with Gasteiger partial charge in [-0.05, 0) is 45.6 Å². The maximum Gasteiger partial charge on any atom is 0.250 e. The van der Waals surface area contributed by atoms with Gasteiger partial charge in [0.25, 0.3) is 0 Å². The second kappa shape index (κ2) is 25.3. The van der Waals surface area contributed by atoms with Crippen molar-refractivity contribution in [2.45, 2.75) is 57.7 Å². The topological polar surface area (TPSA) is 298 Å². The third-order valence-corrected chi connectivity index (χ3v) is 10.1. The van der Waals surface area contributed by atoms with E-state index in [0.717, 1.165) is 24.2 Å². The molecule has 2 saturated heterocycles. The van der Waals surface area contributed by atoms with Crippen LogP contribution in [0.2, 0.25) is 0 Å². The zero-order chi connectivity index (χ0) is 44.1. The molecule has 2 atom stereocenters. The molecule has 3 aromatic rings. The van der Waals surface area contributed by atoms with Crippen LogP contribution in [0.4, 0.5) is 17.8 Å². The number of aliphatic hydroxyl groups is 1. The lowest BCUT2D eigenvalue weighted by Gasteiger charge is -2.37. The number of terminal acetylenes is 1. The first-order valence-corrected chi connectivity index (χ1v) is 21.1. The quantitative estimate of drug-likeness (QED) is 0.0237. The molecular formula is C38H62N18O6. The monoisotopic (exact) mass is 867 g/mol. The third-order valence-electron chi connectivity index (χ3n) is 10.1. The fourth-order valence-electron chi connectivity index (χ4n) is 6.78. The fourth-order valence-corrected chi connectivity index (χ4v) is 6.78. The number of anilines is 3. The molecule has 340 valence electrons. The molecule has 5 rings (SSSR count). The number of nitrogens with zero attached hydrogens (tertiary/aromatic N) is 14. The lowest BCUT2D eigenvalue weighted by molar-refractivity contribution is -0.138. The van der Waals surface area contributed by atoms with Gasteiger partial charge >= 0.3 is 0 Å². The lowest BCUT2D eigenvalue weighted by Crippen LogP contribution is -2.52. The van der Waals surface area contributed by atoms with Gasteiger partial charge in [-0.1, -0.05) is 16.3 Å². The van der Waals surface area contributed by atoms with E-state index in [1.807, 2.05) is 9.80 Å². The SMILES string of the molecule is C#CCOCCOCCOCCNc1nc(N2CCN(C(=O)Cn3cc(CCCN=C(N)N)nn3)CC2)nc(N2CCN(C(=O)[C@H]([C@@H](C)O)n3cc(CCCCN)nn3)CC2)n1. The largest absolute Gasteiger partial charge is 0.391 e. The predicted molar refractivity (Wildman–Crippen MR) is 229 cm³/mol. The molecule has 5 heterocycles. The van der Waals surface area contributed by atoms with E-state index < -0.39 is 12.1 Å². The van der Waals surface area contributed by atoms with E-state index in [1.165, 1.54) is 4.68 Å². The number of piperazine rings is 2. The maximum atomic E-state index is 13.8. The number of unbranched alkanes of at least 4 members (excludes halogenated alkanes) is 1. The summed E-state index contributed by atoms with van der Waals surface area (Å²) in [6, 6.07) is -0.911. The van der Waals surface area contributed by atoms with E-state index >= 15 is 0 Å². The van der Waals surface area contributed by atoms with E-state index in [0.29, 0.717) is 142 Å². The van der Waals surface area contributed by atoms with Crippen molar-refractivity contribution in [1.29, 1.82) is 0 Å². The van der Waals surface area contributed by atoms with Crippen LogP contribution in [0.25, 0.3) is 0 Å². The molecule has 24 heteroatoms. The zero-order valence-corrected chi connectivity index (χ0v) is 35.6. The molecule has 24 nitrogen and oxygen atoms in total. The molecule has 2 aliphatic rings. The molecular weight excluding hydrogens is 805 g/mol. The smallest absolute Gasteiger partial charge is 0.250 e. The second-order valence-corrected chi connectivity index (χ2v) is 14.8. The van der Waals surface area contributed by atoms with Crippen molar-refractivity contribution < 1.29 is 28.9 Å². The summed E-state index contributed by atoms with van der Waals surface area (Å²) in [7, 11) is 0. The highest BCUT2D eigenvalue weighted by molar-refractivity contribution is 5.81. The highest BCUT2D eigenvalue weighted by Crippen LogP contribution is 2.22. The number of carbonyl (C=O) groups is 2. The van der Waals surface area contributed by atoms with Crippen LogP contribution in [0.1, 0.15) is 43.6 Å². The summed E-state index contributed by atoms with van der Waals surface area (Å²) in [5, 5.41) is 30.6. The number of aliphatic imine (C=N–C) groups is 1. The summed E-state index contributed by atoms with van der Waals surface area (Å²) < 4.78 is 19.4. The number of hydrogen-bond acceptors (Lipinski definition) is 18. The summed E-state index contributed by atoms with van der Waals surface area (Å²) >= 11 is 0. The van der Waals surface area contributed by atoms with Crippen molar-refractivity contribution in [3.63, 3.8) is 0 Å². The van der Waals surface area contributed by atoms with Crippen LogP contribution in [0.3, 0.4) is 0 Å². The minimum absolute atomic E-state index is 0.0486. The number of aryl methyl sites for hydroxylation is 2. The van der Waals surface area contributed by atoms with Gasteiger partial charge in [0.15, 0.2) is 12.0 Å². The molecule has 0 aromatic carbocycles. The van der Waals surface area contributed by atoms with Crippen molar-refractivity contribution in [2.75, 3.05) is 127 Å². The molecule has 2 fully saturated rings. The van der Waals surface area contributed by atoms with E-state index in [9.17, 15) is 14.7 Å². The van der Waals surface area contributed by atoms with Gasteiger partial charge in [-0.2, -0.15) is 15.0 Å². The second-order valence-electron chi connectivity index (χ2n) is 14.8. The van der Waals surface area contributed by atoms with Crippen LogP contribution in [-0.2, 0) is 43.2 Å². The zero-order valence-electron chi connectivity index (χ0n) is 35.6. The van der Waals surface area contributed by atoms with Gasteiger partial charge in [0.1, 0.15) is 13.2 Å². The Morgan fingerprint density at radius 3 is 2.10 bits per heavy atom. The Bertz CT molecular complexity index is 1880. The van der Waals surface area contributed by atoms with E-state index in [1.54, 1.807) is 33.8 Å². The summed E-state index contributed by atoms with van der Waals surface area (Å²) in [6.07, 6.45) is 11.5. The molecule has 0 bridgehead atoms. The molecule has 8 N–H and O–H groups in total.